The van der Waals surface area contributed by atoms with Crippen molar-refractivity contribution in [3.05, 3.63) is 17.5 Å². The largest absolute Gasteiger partial charge is 0.360 e. The van der Waals surface area contributed by atoms with Gasteiger partial charge in [-0.1, -0.05) is 5.16 Å². The van der Waals surface area contributed by atoms with Crippen LogP contribution in [0.5, 0.6) is 0 Å². The summed E-state index contributed by atoms with van der Waals surface area (Å²) in [7, 11) is 1.84. The van der Waals surface area contributed by atoms with Crippen molar-refractivity contribution in [2.75, 3.05) is 20.1 Å². The monoisotopic (exact) mass is 235 g/mol. The lowest BCUT2D eigenvalue weighted by Gasteiger charge is -2.22. The van der Waals surface area contributed by atoms with E-state index in [0.29, 0.717) is 11.6 Å². The van der Waals surface area contributed by atoms with Crippen LogP contribution in [-0.4, -0.2) is 42.1 Å². The number of carbonyl (C=O) groups is 1. The maximum Gasteiger partial charge on any atom is 0.276 e. The van der Waals surface area contributed by atoms with Gasteiger partial charge in [-0.3, -0.25) is 4.79 Å². The number of nitrogens with one attached hydrogen (secondary N) is 1. The van der Waals surface area contributed by atoms with E-state index in [0.717, 1.165) is 38.1 Å². The van der Waals surface area contributed by atoms with Crippen LogP contribution in [0.2, 0.25) is 0 Å². The maximum absolute atomic E-state index is 12.2. The molecule has 1 atom stereocenters. The molecule has 5 nitrogen and oxygen atoms in total. The Kier molecular flexibility index (Phi) is 2.63. The first-order chi connectivity index (χ1) is 8.25. The molecule has 92 valence electrons. The predicted molar refractivity (Wildman–Crippen MR) is 61.8 cm³/mol. The fourth-order valence-electron chi connectivity index (χ4n) is 2.27. The quantitative estimate of drug-likeness (QED) is 0.848. The highest BCUT2D eigenvalue weighted by atomic mass is 16.5. The molecule has 5 heteroatoms. The van der Waals surface area contributed by atoms with Gasteiger partial charge < -0.3 is 14.7 Å². The Morgan fingerprint density at radius 3 is 3.00 bits per heavy atom. The van der Waals surface area contributed by atoms with Gasteiger partial charge in [0.25, 0.3) is 5.91 Å². The van der Waals surface area contributed by atoms with Gasteiger partial charge in [0.05, 0.1) is 0 Å². The molecule has 1 aliphatic carbocycles. The van der Waals surface area contributed by atoms with Crippen LogP contribution < -0.4 is 5.32 Å². The fourth-order valence-corrected chi connectivity index (χ4v) is 2.27. The predicted octanol–water partition coefficient (Wildman–Crippen LogP) is 0.986. The Morgan fingerprint density at radius 2 is 2.35 bits per heavy atom. The molecule has 0 spiro atoms. The summed E-state index contributed by atoms with van der Waals surface area (Å²) in [6, 6.07) is 2.09. The van der Waals surface area contributed by atoms with Crippen LogP contribution in [0.25, 0.3) is 0 Å². The van der Waals surface area contributed by atoms with Crippen molar-refractivity contribution in [1.29, 1.82) is 0 Å². The highest BCUT2D eigenvalue weighted by molar-refractivity contribution is 5.92. The Bertz CT molecular complexity index is 419. The molecule has 3 rings (SSSR count). The molecule has 1 aromatic rings. The van der Waals surface area contributed by atoms with Crippen LogP contribution in [0.3, 0.4) is 0 Å². The number of rotatable bonds is 3. The lowest BCUT2D eigenvalue weighted by Crippen LogP contribution is -2.38. The Labute approximate surface area is 100 Å². The minimum absolute atomic E-state index is 0.0330. The topological polar surface area (TPSA) is 58.4 Å². The van der Waals surface area contributed by atoms with Crippen molar-refractivity contribution in [2.45, 2.75) is 31.2 Å². The van der Waals surface area contributed by atoms with Crippen LogP contribution in [0.1, 0.15) is 41.4 Å². The van der Waals surface area contributed by atoms with Crippen molar-refractivity contribution in [3.8, 4) is 0 Å². The second kappa shape index (κ2) is 4.14. The average molecular weight is 235 g/mol. The summed E-state index contributed by atoms with van der Waals surface area (Å²) in [6.07, 6.45) is 3.33. The molecule has 0 radical (unpaired) electrons. The minimum atomic E-state index is -0.0330. The SMILES string of the molecule is CN(C(=O)c1cc(C2CC2)on1)C1CCNC1. The smallest absolute Gasteiger partial charge is 0.276 e. The first kappa shape index (κ1) is 10.8. The second-order valence-electron chi connectivity index (χ2n) is 4.95. The third kappa shape index (κ3) is 2.07. The van der Waals surface area contributed by atoms with E-state index in [1.54, 1.807) is 11.0 Å². The summed E-state index contributed by atoms with van der Waals surface area (Å²) in [4.78, 5) is 13.9. The maximum atomic E-state index is 12.2. The van der Waals surface area contributed by atoms with E-state index >= 15 is 0 Å². The molecule has 1 saturated heterocycles. The van der Waals surface area contributed by atoms with E-state index in [2.05, 4.69) is 10.5 Å². The van der Waals surface area contributed by atoms with Crippen LogP contribution in [0, 0.1) is 0 Å². The van der Waals surface area contributed by atoms with Crippen molar-refractivity contribution < 1.29 is 9.32 Å². The Hall–Kier alpha value is -1.36. The van der Waals surface area contributed by atoms with E-state index < -0.39 is 0 Å². The number of hydrogen-bond acceptors (Lipinski definition) is 4. The molecule has 1 amide bonds. The van der Waals surface area contributed by atoms with E-state index in [9.17, 15) is 4.79 Å². The number of hydrogen-bond donors (Lipinski definition) is 1. The molecule has 1 saturated carbocycles. The second-order valence-corrected chi connectivity index (χ2v) is 4.95. The van der Waals surface area contributed by atoms with E-state index in [1.807, 2.05) is 7.05 Å². The molecule has 1 N–H and O–H groups in total. The van der Waals surface area contributed by atoms with Crippen LogP contribution in [0.4, 0.5) is 0 Å². The molecular formula is C12H17N3O2. The van der Waals surface area contributed by atoms with E-state index in [-0.39, 0.29) is 11.9 Å². The molecule has 2 heterocycles. The zero-order valence-corrected chi connectivity index (χ0v) is 9.98. The number of amides is 1. The van der Waals surface area contributed by atoms with Gasteiger partial charge in [-0.15, -0.1) is 0 Å². The summed E-state index contributed by atoms with van der Waals surface area (Å²) in [5.74, 6) is 1.34. The van der Waals surface area contributed by atoms with Crippen LogP contribution in [0.15, 0.2) is 10.6 Å². The van der Waals surface area contributed by atoms with Crippen molar-refractivity contribution in [2.24, 2.45) is 0 Å². The average Bonchev–Trinajstić information content (AvgIpc) is 2.87. The molecule has 0 bridgehead atoms. The lowest BCUT2D eigenvalue weighted by molar-refractivity contribution is 0.0733. The van der Waals surface area contributed by atoms with Gasteiger partial charge >= 0.3 is 0 Å². The van der Waals surface area contributed by atoms with Crippen LogP contribution >= 0.6 is 0 Å². The molecule has 2 aliphatic rings. The lowest BCUT2D eigenvalue weighted by atomic mass is 10.2. The van der Waals surface area contributed by atoms with Gasteiger partial charge in [-0.2, -0.15) is 0 Å². The van der Waals surface area contributed by atoms with E-state index in [4.69, 9.17) is 4.52 Å². The molecule has 17 heavy (non-hydrogen) atoms. The van der Waals surface area contributed by atoms with Gasteiger partial charge in [-0.25, -0.2) is 0 Å². The van der Waals surface area contributed by atoms with Crippen molar-refractivity contribution >= 4 is 5.91 Å². The first-order valence-electron chi connectivity index (χ1n) is 6.20. The summed E-state index contributed by atoms with van der Waals surface area (Å²) >= 11 is 0. The molecule has 1 aliphatic heterocycles. The molecule has 0 aromatic carbocycles. The normalized spacial score (nSPS) is 23.9. The standard InChI is InChI=1S/C12H17N3O2/c1-15(9-4-5-13-7-9)12(16)10-6-11(17-14-10)8-2-3-8/h6,8-9,13H,2-5,7H2,1H3. The highest BCUT2D eigenvalue weighted by Crippen LogP contribution is 2.40. The molecule has 2 fully saturated rings. The van der Waals surface area contributed by atoms with E-state index in [1.165, 1.54) is 0 Å². The Morgan fingerprint density at radius 1 is 1.53 bits per heavy atom. The van der Waals surface area contributed by atoms with Crippen molar-refractivity contribution in [1.82, 2.24) is 15.4 Å². The zero-order chi connectivity index (χ0) is 11.8. The number of nitrogens with zero attached hydrogens (tertiary/aromatic N) is 2. The number of carbonyl (C=O) groups excluding carboxylic acids is 1. The third-order valence-electron chi connectivity index (χ3n) is 3.63. The fraction of sp³-hybridized carbons (Fsp3) is 0.667. The van der Waals surface area contributed by atoms with Gasteiger partial charge in [0.2, 0.25) is 0 Å². The Balaban J connectivity index is 1.70. The number of likely N-dealkylation sites (N-methyl/N-ethyl adjacent to an activating group) is 1. The van der Waals surface area contributed by atoms with Gasteiger partial charge in [0.15, 0.2) is 5.69 Å². The summed E-state index contributed by atoms with van der Waals surface area (Å²) < 4.78 is 5.21. The van der Waals surface area contributed by atoms with Gasteiger partial charge in [0.1, 0.15) is 5.76 Å². The zero-order valence-electron chi connectivity index (χ0n) is 9.98. The van der Waals surface area contributed by atoms with Crippen LogP contribution in [-0.2, 0) is 0 Å². The summed E-state index contributed by atoms with van der Waals surface area (Å²) in [5, 5.41) is 7.14. The van der Waals surface area contributed by atoms with Crippen molar-refractivity contribution in [3.63, 3.8) is 0 Å². The van der Waals surface area contributed by atoms with Gasteiger partial charge in [0, 0.05) is 31.6 Å². The molecule has 1 aromatic heterocycles. The van der Waals surface area contributed by atoms with Gasteiger partial charge in [-0.05, 0) is 25.8 Å². The highest BCUT2D eigenvalue weighted by Gasteiger charge is 2.31. The summed E-state index contributed by atoms with van der Waals surface area (Å²) in [5.41, 5.74) is 0.446. The number of aromatic nitrogens is 1. The first-order valence-corrected chi connectivity index (χ1v) is 6.20. The summed E-state index contributed by atoms with van der Waals surface area (Å²) in [6.45, 7) is 1.85. The minimum Gasteiger partial charge on any atom is -0.360 e. The molecule has 1 unspecified atom stereocenters. The third-order valence-corrected chi connectivity index (χ3v) is 3.63. The molecular weight excluding hydrogens is 218 g/mol.